The summed E-state index contributed by atoms with van der Waals surface area (Å²) in [5.41, 5.74) is 6.46. The van der Waals surface area contributed by atoms with E-state index in [0.717, 1.165) is 0 Å². The maximum absolute atomic E-state index is 12.5. The lowest BCUT2D eigenvalue weighted by Gasteiger charge is -2.22. The minimum Gasteiger partial charge on any atom is -0.458 e. The molecule has 3 atom stereocenters. The minimum atomic E-state index is -1.10. The van der Waals surface area contributed by atoms with Gasteiger partial charge in [0.2, 0.25) is 0 Å². The molecule has 0 amide bonds. The van der Waals surface area contributed by atoms with E-state index in [0.29, 0.717) is 5.56 Å². The highest BCUT2D eigenvalue weighted by atomic mass is 16.8. The van der Waals surface area contributed by atoms with Gasteiger partial charge in [-0.3, -0.25) is 4.79 Å². The van der Waals surface area contributed by atoms with Crippen LogP contribution in [0.3, 0.4) is 0 Å². The third-order valence-corrected chi connectivity index (χ3v) is 4.32. The summed E-state index contributed by atoms with van der Waals surface area (Å²) < 4.78 is 35.2. The fourth-order valence-corrected chi connectivity index (χ4v) is 2.56. The number of esters is 1. The highest BCUT2D eigenvalue weighted by molar-refractivity contribution is 5.76. The molecule has 0 heterocycles. The lowest BCUT2D eigenvalue weighted by molar-refractivity contribution is -0.155. The van der Waals surface area contributed by atoms with E-state index in [4.69, 9.17) is 38.9 Å². The van der Waals surface area contributed by atoms with Gasteiger partial charge < -0.3 is 38.9 Å². The van der Waals surface area contributed by atoms with Crippen LogP contribution in [0.4, 0.5) is 14.4 Å². The first-order valence-electron chi connectivity index (χ1n) is 11.5. The number of carbonyl (C=O) groups is 4. The molecule has 0 aliphatic rings. The molecule has 0 aliphatic carbocycles. The summed E-state index contributed by atoms with van der Waals surface area (Å²) in [5.74, 6) is -0.978. The maximum atomic E-state index is 12.5. The van der Waals surface area contributed by atoms with Crippen LogP contribution in [0.2, 0.25) is 0 Å². The summed E-state index contributed by atoms with van der Waals surface area (Å²) in [7, 11) is 0. The molecule has 0 aliphatic heterocycles. The fourth-order valence-electron chi connectivity index (χ4n) is 2.56. The molecular weight excluding hydrogens is 478 g/mol. The molecule has 0 fully saturated rings. The van der Waals surface area contributed by atoms with Crippen LogP contribution >= 0.6 is 0 Å². The van der Waals surface area contributed by atoms with Crippen LogP contribution in [-0.4, -0.2) is 61.5 Å². The Morgan fingerprint density at radius 2 is 1.28 bits per heavy atom. The molecule has 0 aromatic heterocycles. The van der Waals surface area contributed by atoms with Crippen molar-refractivity contribution < 1.29 is 52.3 Å². The second kappa shape index (κ2) is 14.8. The van der Waals surface area contributed by atoms with E-state index in [1.807, 2.05) is 0 Å². The van der Waals surface area contributed by atoms with Gasteiger partial charge in [-0.05, 0) is 72.6 Å². The van der Waals surface area contributed by atoms with E-state index in [-0.39, 0.29) is 24.5 Å². The molecule has 0 radical (unpaired) electrons. The molecule has 0 saturated carbocycles. The summed E-state index contributed by atoms with van der Waals surface area (Å²) in [6, 6.07) is 3.17. The van der Waals surface area contributed by atoms with Crippen LogP contribution in [0.1, 0.15) is 54.0 Å². The number of carbonyl (C=O) groups excluding carboxylic acids is 4. The summed E-state index contributed by atoms with van der Waals surface area (Å²) in [6.07, 6.45) is -5.33. The van der Waals surface area contributed by atoms with Crippen molar-refractivity contribution in [3.8, 4) is 11.5 Å². The van der Waals surface area contributed by atoms with Crippen molar-refractivity contribution in [1.82, 2.24) is 0 Å². The highest BCUT2D eigenvalue weighted by Crippen LogP contribution is 2.30. The Balaban J connectivity index is 2.92. The molecule has 1 aromatic carbocycles. The highest BCUT2D eigenvalue weighted by Gasteiger charge is 2.25. The molecule has 12 nitrogen and oxygen atoms in total. The zero-order chi connectivity index (χ0) is 27.4. The minimum absolute atomic E-state index is 0.00895. The predicted molar refractivity (Wildman–Crippen MR) is 126 cm³/mol. The first kappa shape index (κ1) is 30.5. The van der Waals surface area contributed by atoms with Crippen molar-refractivity contribution in [3.05, 3.63) is 23.8 Å². The van der Waals surface area contributed by atoms with E-state index < -0.39 is 54.9 Å². The van der Waals surface area contributed by atoms with Crippen molar-refractivity contribution in [2.24, 2.45) is 5.73 Å². The summed E-state index contributed by atoms with van der Waals surface area (Å²) in [4.78, 5) is 47.8. The Hall–Kier alpha value is -3.54. The summed E-state index contributed by atoms with van der Waals surface area (Å²) in [5, 5.41) is 0. The molecule has 1 aromatic rings. The Morgan fingerprint density at radius 3 is 1.81 bits per heavy atom. The lowest BCUT2D eigenvalue weighted by atomic mass is 10.1. The normalized spacial score (nSPS) is 13.3. The van der Waals surface area contributed by atoms with Gasteiger partial charge in [0.15, 0.2) is 11.5 Å². The van der Waals surface area contributed by atoms with Gasteiger partial charge in [0.25, 0.3) is 0 Å². The number of nitrogens with two attached hydrogens (primary N) is 1. The third kappa shape index (κ3) is 11.3. The Kier molecular flexibility index (Phi) is 12.5. The summed E-state index contributed by atoms with van der Waals surface area (Å²) >= 11 is 0. The molecule has 0 unspecified atom stereocenters. The van der Waals surface area contributed by atoms with Crippen molar-refractivity contribution in [1.29, 1.82) is 0 Å². The molecular formula is C24H35NO11. The van der Waals surface area contributed by atoms with Gasteiger partial charge in [0.1, 0.15) is 18.2 Å². The SMILES string of the molecule is CCOC(=O)O[C@@H](C)[C@H](C)OC(=O)[C@@H](N)Cc1ccc(OC(=O)OC(C)C)c(OC(=O)OC(C)C)c1. The van der Waals surface area contributed by atoms with Gasteiger partial charge in [-0.25, -0.2) is 14.4 Å². The van der Waals surface area contributed by atoms with Gasteiger partial charge in [0, 0.05) is 0 Å². The molecule has 2 N–H and O–H groups in total. The van der Waals surface area contributed by atoms with Gasteiger partial charge in [-0.2, -0.15) is 0 Å². The molecule has 12 heteroatoms. The second-order valence-electron chi connectivity index (χ2n) is 8.28. The van der Waals surface area contributed by atoms with E-state index in [1.54, 1.807) is 48.5 Å². The third-order valence-electron chi connectivity index (χ3n) is 4.32. The first-order valence-corrected chi connectivity index (χ1v) is 11.5. The number of hydrogen-bond acceptors (Lipinski definition) is 12. The zero-order valence-corrected chi connectivity index (χ0v) is 21.6. The predicted octanol–water partition coefficient (Wildman–Crippen LogP) is 3.90. The molecule has 0 bridgehead atoms. The standard InChI is InChI=1S/C24H35NO11/c1-8-30-22(27)34-16(7)15(6)33-21(26)18(25)11-17-9-10-19(35-23(28)31-13(2)3)20(12-17)36-24(29)32-14(4)5/h9-10,12-16,18H,8,11,25H2,1-7H3/t15-,16-,18-/m0/s1. The first-order chi connectivity index (χ1) is 16.8. The van der Waals surface area contributed by atoms with Crippen LogP contribution in [0.25, 0.3) is 0 Å². The quantitative estimate of drug-likeness (QED) is 0.259. The zero-order valence-electron chi connectivity index (χ0n) is 21.6. The molecule has 202 valence electrons. The number of rotatable bonds is 11. The fraction of sp³-hybridized carbons (Fsp3) is 0.583. The number of hydrogen-bond donors (Lipinski definition) is 1. The Labute approximate surface area is 210 Å². The molecule has 36 heavy (non-hydrogen) atoms. The molecule has 0 spiro atoms. The van der Waals surface area contributed by atoms with Crippen LogP contribution in [0.5, 0.6) is 11.5 Å². The van der Waals surface area contributed by atoms with Crippen molar-refractivity contribution >= 4 is 24.4 Å². The Morgan fingerprint density at radius 1 is 0.750 bits per heavy atom. The van der Waals surface area contributed by atoms with Gasteiger partial charge in [0.05, 0.1) is 18.8 Å². The van der Waals surface area contributed by atoms with E-state index in [2.05, 4.69) is 0 Å². The number of benzene rings is 1. The van der Waals surface area contributed by atoms with Gasteiger partial charge in [-0.1, -0.05) is 6.07 Å². The average Bonchev–Trinajstić information content (AvgIpc) is 2.74. The van der Waals surface area contributed by atoms with Crippen LogP contribution in [0.15, 0.2) is 18.2 Å². The molecule has 1 rings (SSSR count). The van der Waals surface area contributed by atoms with E-state index >= 15 is 0 Å². The monoisotopic (exact) mass is 513 g/mol. The smallest absolute Gasteiger partial charge is 0.458 e. The average molecular weight is 514 g/mol. The van der Waals surface area contributed by atoms with Crippen LogP contribution < -0.4 is 15.2 Å². The van der Waals surface area contributed by atoms with Gasteiger partial charge >= 0.3 is 24.4 Å². The van der Waals surface area contributed by atoms with Gasteiger partial charge in [-0.15, -0.1) is 0 Å². The largest absolute Gasteiger partial charge is 0.514 e. The Bertz CT molecular complexity index is 900. The van der Waals surface area contributed by atoms with E-state index in [9.17, 15) is 19.2 Å². The van der Waals surface area contributed by atoms with Crippen LogP contribution in [0, 0.1) is 0 Å². The molecule has 0 saturated heterocycles. The number of ether oxygens (including phenoxy) is 7. The summed E-state index contributed by atoms with van der Waals surface area (Å²) in [6.45, 7) is 11.4. The maximum Gasteiger partial charge on any atom is 0.514 e. The van der Waals surface area contributed by atoms with Crippen LogP contribution in [-0.2, 0) is 34.9 Å². The van der Waals surface area contributed by atoms with Crippen molar-refractivity contribution in [2.45, 2.75) is 85.3 Å². The topological polar surface area (TPSA) is 159 Å². The lowest BCUT2D eigenvalue weighted by Crippen LogP contribution is -2.39. The van der Waals surface area contributed by atoms with Crippen molar-refractivity contribution in [3.63, 3.8) is 0 Å². The van der Waals surface area contributed by atoms with Crippen molar-refractivity contribution in [2.75, 3.05) is 6.61 Å². The second-order valence-corrected chi connectivity index (χ2v) is 8.28. The van der Waals surface area contributed by atoms with E-state index in [1.165, 1.54) is 18.2 Å².